The highest BCUT2D eigenvalue weighted by Gasteiger charge is 2.19. The second kappa shape index (κ2) is 6.81. The molecule has 3 rings (SSSR count). The van der Waals surface area contributed by atoms with Gasteiger partial charge < -0.3 is 10.1 Å². The zero-order valence-corrected chi connectivity index (χ0v) is 13.6. The maximum Gasteiger partial charge on any atom is 0.350 e. The van der Waals surface area contributed by atoms with Gasteiger partial charge in [-0.2, -0.15) is 5.10 Å². The molecule has 0 radical (unpaired) electrons. The summed E-state index contributed by atoms with van der Waals surface area (Å²) in [6.07, 6.45) is 1.27. The van der Waals surface area contributed by atoms with Crippen LogP contribution in [0.2, 0.25) is 0 Å². The number of ether oxygens (including phenoxy) is 1. The second-order valence-electron chi connectivity index (χ2n) is 4.82. The third-order valence-corrected chi connectivity index (χ3v) is 4.17. The van der Waals surface area contributed by atoms with Gasteiger partial charge in [-0.1, -0.05) is 6.07 Å². The number of nitrogens with one attached hydrogen (secondary N) is 1. The maximum atomic E-state index is 13.8. The lowest BCUT2D eigenvalue weighted by atomic mass is 10.3. The zero-order chi connectivity index (χ0) is 18.0. The van der Waals surface area contributed by atoms with Crippen molar-refractivity contribution in [2.45, 2.75) is 0 Å². The molecule has 0 aliphatic carbocycles. The van der Waals surface area contributed by atoms with Crippen LogP contribution < -0.4 is 5.32 Å². The van der Waals surface area contributed by atoms with Crippen LogP contribution in [0.4, 0.5) is 14.5 Å². The highest BCUT2D eigenvalue weighted by Crippen LogP contribution is 2.24. The number of para-hydroxylation sites is 1. The fourth-order valence-corrected chi connectivity index (χ4v) is 2.89. The molecule has 0 unspecified atom stereocenters. The van der Waals surface area contributed by atoms with Crippen LogP contribution in [0.15, 0.2) is 41.9 Å². The van der Waals surface area contributed by atoms with Crippen molar-refractivity contribution in [3.8, 4) is 5.69 Å². The molecule has 9 heteroatoms. The summed E-state index contributed by atoms with van der Waals surface area (Å²) in [5.41, 5.74) is -0.175. The molecule has 0 spiro atoms. The molecule has 128 valence electrons. The van der Waals surface area contributed by atoms with E-state index >= 15 is 0 Å². The largest absolute Gasteiger partial charge is 0.465 e. The van der Waals surface area contributed by atoms with Crippen LogP contribution in [0.25, 0.3) is 5.69 Å². The normalized spacial score (nSPS) is 10.5. The smallest absolute Gasteiger partial charge is 0.350 e. The number of aromatic nitrogens is 2. The first-order chi connectivity index (χ1) is 12.0. The third-order valence-electron chi connectivity index (χ3n) is 3.27. The minimum Gasteiger partial charge on any atom is -0.465 e. The lowest BCUT2D eigenvalue weighted by Gasteiger charge is -2.05. The molecule has 2 heterocycles. The Morgan fingerprint density at radius 2 is 1.92 bits per heavy atom. The van der Waals surface area contributed by atoms with Crippen LogP contribution >= 0.6 is 11.3 Å². The molecule has 1 N–H and O–H groups in total. The second-order valence-corrected chi connectivity index (χ2v) is 5.74. The minimum atomic E-state index is -0.805. The topological polar surface area (TPSA) is 73.2 Å². The summed E-state index contributed by atoms with van der Waals surface area (Å²) >= 11 is 1.11. The predicted octanol–water partition coefficient (Wildman–Crippen LogP) is 3.25. The van der Waals surface area contributed by atoms with E-state index < -0.39 is 23.5 Å². The molecule has 0 bridgehead atoms. The average molecular weight is 363 g/mol. The van der Waals surface area contributed by atoms with Gasteiger partial charge in [-0.15, -0.1) is 11.3 Å². The number of esters is 1. The molecule has 0 saturated heterocycles. The first-order valence-electron chi connectivity index (χ1n) is 6.98. The van der Waals surface area contributed by atoms with Gasteiger partial charge in [0, 0.05) is 6.20 Å². The van der Waals surface area contributed by atoms with Gasteiger partial charge in [0.15, 0.2) is 17.3 Å². The van der Waals surface area contributed by atoms with E-state index in [-0.39, 0.29) is 21.9 Å². The number of rotatable bonds is 4. The number of benzene rings is 1. The van der Waals surface area contributed by atoms with E-state index in [9.17, 15) is 18.4 Å². The Kier molecular flexibility index (Phi) is 4.57. The van der Waals surface area contributed by atoms with Gasteiger partial charge in [-0.05, 0) is 29.6 Å². The fraction of sp³-hybridized carbons (Fsp3) is 0.0625. The molecule has 1 aromatic carbocycles. The molecule has 0 atom stereocenters. The van der Waals surface area contributed by atoms with Crippen molar-refractivity contribution in [2.75, 3.05) is 12.4 Å². The van der Waals surface area contributed by atoms with Gasteiger partial charge in [-0.3, -0.25) is 4.79 Å². The first-order valence-corrected chi connectivity index (χ1v) is 7.86. The van der Waals surface area contributed by atoms with E-state index in [4.69, 9.17) is 0 Å². The number of anilines is 1. The Bertz CT molecular complexity index is 932. The summed E-state index contributed by atoms with van der Waals surface area (Å²) < 4.78 is 33.1. The number of hydrogen-bond acceptors (Lipinski definition) is 5. The molecular formula is C16H11F2N3O3S. The van der Waals surface area contributed by atoms with Gasteiger partial charge in [-0.25, -0.2) is 18.3 Å². The van der Waals surface area contributed by atoms with E-state index in [1.165, 1.54) is 25.4 Å². The Morgan fingerprint density at radius 3 is 2.60 bits per heavy atom. The molecular weight excluding hydrogens is 352 g/mol. The van der Waals surface area contributed by atoms with E-state index in [2.05, 4.69) is 15.2 Å². The summed E-state index contributed by atoms with van der Waals surface area (Å²) in [6, 6.07) is 6.27. The Balaban J connectivity index is 1.85. The number of hydrogen-bond donors (Lipinski definition) is 1. The van der Waals surface area contributed by atoms with Crippen LogP contribution in [0, 0.1) is 11.6 Å². The van der Waals surface area contributed by atoms with E-state index in [0.717, 1.165) is 28.2 Å². The molecule has 0 aliphatic heterocycles. The highest BCUT2D eigenvalue weighted by molar-refractivity contribution is 7.12. The SMILES string of the molecule is COC(=O)c1sccc1NC(=O)c1ccn(-c2c(F)cccc2F)n1. The standard InChI is InChI=1S/C16H11F2N3O3S/c1-24-16(23)14-11(6-8-25-14)19-15(22)12-5-7-21(20-12)13-9(17)3-2-4-10(13)18/h2-8H,1H3,(H,19,22). The predicted molar refractivity (Wildman–Crippen MR) is 87.1 cm³/mol. The number of amides is 1. The summed E-state index contributed by atoms with van der Waals surface area (Å²) in [7, 11) is 1.23. The van der Waals surface area contributed by atoms with Gasteiger partial charge >= 0.3 is 5.97 Å². The zero-order valence-electron chi connectivity index (χ0n) is 12.8. The van der Waals surface area contributed by atoms with Crippen molar-refractivity contribution in [1.82, 2.24) is 9.78 Å². The van der Waals surface area contributed by atoms with Crippen molar-refractivity contribution in [1.29, 1.82) is 0 Å². The van der Waals surface area contributed by atoms with Crippen molar-refractivity contribution in [3.63, 3.8) is 0 Å². The number of carbonyl (C=O) groups excluding carboxylic acids is 2. The lowest BCUT2D eigenvalue weighted by molar-refractivity contribution is 0.0607. The summed E-state index contributed by atoms with van der Waals surface area (Å²) in [5, 5.41) is 8.03. The minimum absolute atomic E-state index is 0.0651. The molecule has 0 saturated carbocycles. The molecule has 0 fully saturated rings. The van der Waals surface area contributed by atoms with E-state index in [1.807, 2.05) is 0 Å². The summed E-state index contributed by atoms with van der Waals surface area (Å²) in [6.45, 7) is 0. The Morgan fingerprint density at radius 1 is 1.20 bits per heavy atom. The molecule has 2 aromatic heterocycles. The van der Waals surface area contributed by atoms with Crippen LogP contribution in [0.1, 0.15) is 20.2 Å². The van der Waals surface area contributed by atoms with E-state index in [0.29, 0.717) is 0 Å². The van der Waals surface area contributed by atoms with Crippen molar-refractivity contribution in [2.24, 2.45) is 0 Å². The first kappa shape index (κ1) is 16.8. The third kappa shape index (κ3) is 3.26. The van der Waals surface area contributed by atoms with Crippen molar-refractivity contribution in [3.05, 3.63) is 64.1 Å². The molecule has 3 aromatic rings. The molecule has 1 amide bonds. The van der Waals surface area contributed by atoms with Crippen molar-refractivity contribution < 1.29 is 23.1 Å². The molecule has 0 aliphatic rings. The quantitative estimate of drug-likeness (QED) is 0.722. The monoisotopic (exact) mass is 363 g/mol. The number of methoxy groups -OCH3 is 1. The highest BCUT2D eigenvalue weighted by atomic mass is 32.1. The maximum absolute atomic E-state index is 13.8. The van der Waals surface area contributed by atoms with Gasteiger partial charge in [0.05, 0.1) is 12.8 Å². The number of halogens is 2. The number of thiophene rings is 1. The summed E-state index contributed by atoms with van der Waals surface area (Å²) in [4.78, 5) is 24.1. The van der Waals surface area contributed by atoms with Crippen LogP contribution in [-0.4, -0.2) is 28.8 Å². The fourth-order valence-electron chi connectivity index (χ4n) is 2.12. The van der Waals surface area contributed by atoms with Crippen LogP contribution in [0.3, 0.4) is 0 Å². The molecule has 25 heavy (non-hydrogen) atoms. The average Bonchev–Trinajstić information content (AvgIpc) is 3.23. The number of nitrogens with zero attached hydrogens (tertiary/aromatic N) is 2. The van der Waals surface area contributed by atoms with Crippen LogP contribution in [0.5, 0.6) is 0 Å². The Hall–Kier alpha value is -3.07. The Labute approximate surface area is 144 Å². The molecule has 6 nitrogen and oxygen atoms in total. The van der Waals surface area contributed by atoms with Crippen molar-refractivity contribution >= 4 is 28.9 Å². The van der Waals surface area contributed by atoms with Gasteiger partial charge in [0.1, 0.15) is 10.6 Å². The summed E-state index contributed by atoms with van der Waals surface area (Å²) in [5.74, 6) is -2.81. The lowest BCUT2D eigenvalue weighted by Crippen LogP contribution is -2.15. The van der Waals surface area contributed by atoms with Crippen LogP contribution in [-0.2, 0) is 4.74 Å². The van der Waals surface area contributed by atoms with Gasteiger partial charge in [0.25, 0.3) is 5.91 Å². The van der Waals surface area contributed by atoms with E-state index in [1.54, 1.807) is 11.4 Å². The van der Waals surface area contributed by atoms with Gasteiger partial charge in [0.2, 0.25) is 0 Å². The number of carbonyl (C=O) groups is 2.